The lowest BCUT2D eigenvalue weighted by atomic mass is 10.1. The van der Waals surface area contributed by atoms with Gasteiger partial charge in [-0.1, -0.05) is 0 Å². The van der Waals surface area contributed by atoms with Crippen LogP contribution in [0.3, 0.4) is 0 Å². The minimum atomic E-state index is 0.562. The number of rotatable bonds is 4. The third-order valence-corrected chi connectivity index (χ3v) is 3.77. The predicted molar refractivity (Wildman–Crippen MR) is 68.4 cm³/mol. The Morgan fingerprint density at radius 2 is 1.88 bits per heavy atom. The van der Waals surface area contributed by atoms with Crippen LogP contribution in [0.4, 0.5) is 11.4 Å². The van der Waals surface area contributed by atoms with Crippen LogP contribution < -0.4 is 11.1 Å². The lowest BCUT2D eigenvalue weighted by Crippen LogP contribution is -2.24. The van der Waals surface area contributed by atoms with Crippen molar-refractivity contribution in [1.29, 1.82) is 5.26 Å². The highest BCUT2D eigenvalue weighted by molar-refractivity contribution is 5.62. The Bertz CT molecular complexity index is 455. The highest BCUT2D eigenvalue weighted by atomic mass is 15.0. The maximum Gasteiger partial charge on any atom is 0.101 e. The molecule has 0 spiro atoms. The quantitative estimate of drug-likeness (QED) is 0.777. The van der Waals surface area contributed by atoms with Crippen molar-refractivity contribution in [3.63, 3.8) is 0 Å². The van der Waals surface area contributed by atoms with E-state index < -0.39 is 0 Å². The summed E-state index contributed by atoms with van der Waals surface area (Å²) in [5.41, 5.74) is 7.90. The van der Waals surface area contributed by atoms with E-state index in [2.05, 4.69) is 11.4 Å². The van der Waals surface area contributed by atoms with Crippen molar-refractivity contribution in [2.75, 3.05) is 11.1 Å². The molecular formula is C14H17N3. The van der Waals surface area contributed by atoms with Crippen LogP contribution in [0.5, 0.6) is 0 Å². The molecule has 0 atom stereocenters. The average molecular weight is 227 g/mol. The summed E-state index contributed by atoms with van der Waals surface area (Å²) in [5, 5.41) is 12.6. The van der Waals surface area contributed by atoms with Crippen LogP contribution >= 0.6 is 0 Å². The topological polar surface area (TPSA) is 61.8 Å². The summed E-state index contributed by atoms with van der Waals surface area (Å²) in [6.07, 6.45) is 5.42. The average Bonchev–Trinajstić information content (AvgIpc) is 3.18. The molecule has 0 amide bonds. The Morgan fingerprint density at radius 1 is 1.24 bits per heavy atom. The van der Waals surface area contributed by atoms with E-state index in [9.17, 15) is 0 Å². The normalized spacial score (nSPS) is 19.1. The van der Waals surface area contributed by atoms with Crippen LogP contribution in [0.15, 0.2) is 18.2 Å². The number of anilines is 2. The van der Waals surface area contributed by atoms with Crippen LogP contribution in [0.25, 0.3) is 0 Å². The summed E-state index contributed by atoms with van der Waals surface area (Å²) in [6, 6.07) is 8.41. The van der Waals surface area contributed by atoms with Crippen LogP contribution in [0.2, 0.25) is 0 Å². The van der Waals surface area contributed by atoms with E-state index in [1.54, 1.807) is 0 Å². The smallest absolute Gasteiger partial charge is 0.101 e. The standard InChI is InChI=1S/C14H17N3/c15-8-11-7-12(5-6-13(11)16)17-14(9-1-2-9)10-3-4-10/h5-7,9-10,14,17H,1-4,16H2. The van der Waals surface area contributed by atoms with Gasteiger partial charge in [0.25, 0.3) is 0 Å². The fourth-order valence-electron chi connectivity index (χ4n) is 2.47. The molecule has 0 heterocycles. The number of hydrogen-bond acceptors (Lipinski definition) is 3. The van der Waals surface area contributed by atoms with Gasteiger partial charge in [-0.05, 0) is 55.7 Å². The summed E-state index contributed by atoms with van der Waals surface area (Å²) in [6.45, 7) is 0. The minimum Gasteiger partial charge on any atom is -0.398 e. The predicted octanol–water partition coefficient (Wildman–Crippen LogP) is 2.74. The molecule has 2 fully saturated rings. The molecule has 0 unspecified atom stereocenters. The molecule has 17 heavy (non-hydrogen) atoms. The zero-order chi connectivity index (χ0) is 11.8. The number of benzene rings is 1. The van der Waals surface area contributed by atoms with Crippen LogP contribution in [0.1, 0.15) is 31.2 Å². The largest absolute Gasteiger partial charge is 0.398 e. The number of nitrogens with one attached hydrogen (secondary N) is 1. The van der Waals surface area contributed by atoms with Gasteiger partial charge in [-0.15, -0.1) is 0 Å². The molecule has 0 radical (unpaired) electrons. The second-order valence-electron chi connectivity index (χ2n) is 5.26. The summed E-state index contributed by atoms with van der Waals surface area (Å²) >= 11 is 0. The van der Waals surface area contributed by atoms with Crippen molar-refractivity contribution in [1.82, 2.24) is 0 Å². The van der Waals surface area contributed by atoms with Crippen molar-refractivity contribution in [2.24, 2.45) is 11.8 Å². The van der Waals surface area contributed by atoms with Crippen molar-refractivity contribution < 1.29 is 0 Å². The lowest BCUT2D eigenvalue weighted by Gasteiger charge is -2.19. The Morgan fingerprint density at radius 3 is 2.41 bits per heavy atom. The van der Waals surface area contributed by atoms with E-state index in [1.165, 1.54) is 25.7 Å². The highest BCUT2D eigenvalue weighted by Crippen LogP contribution is 2.45. The molecular weight excluding hydrogens is 210 g/mol. The van der Waals surface area contributed by atoms with Gasteiger partial charge < -0.3 is 11.1 Å². The van der Waals surface area contributed by atoms with E-state index in [4.69, 9.17) is 11.0 Å². The van der Waals surface area contributed by atoms with Gasteiger partial charge in [0.1, 0.15) is 6.07 Å². The molecule has 3 N–H and O–H groups in total. The monoisotopic (exact) mass is 227 g/mol. The summed E-state index contributed by atoms with van der Waals surface area (Å²) in [5.74, 6) is 1.70. The third kappa shape index (κ3) is 2.21. The molecule has 3 rings (SSSR count). The molecule has 2 aliphatic carbocycles. The van der Waals surface area contributed by atoms with Gasteiger partial charge in [0, 0.05) is 17.4 Å². The van der Waals surface area contributed by atoms with Gasteiger partial charge in [0.15, 0.2) is 0 Å². The lowest BCUT2D eigenvalue weighted by molar-refractivity contribution is 0.568. The van der Waals surface area contributed by atoms with E-state index in [0.717, 1.165) is 17.5 Å². The van der Waals surface area contributed by atoms with Gasteiger partial charge in [-0.2, -0.15) is 5.26 Å². The molecule has 0 saturated heterocycles. The molecule has 0 aliphatic heterocycles. The highest BCUT2D eigenvalue weighted by Gasteiger charge is 2.41. The number of nitriles is 1. The molecule has 0 bridgehead atoms. The van der Waals surface area contributed by atoms with Crippen molar-refractivity contribution in [3.05, 3.63) is 23.8 Å². The van der Waals surface area contributed by atoms with E-state index in [0.29, 0.717) is 17.3 Å². The Kier molecular flexibility index (Phi) is 2.44. The van der Waals surface area contributed by atoms with Crippen molar-refractivity contribution in [2.45, 2.75) is 31.7 Å². The van der Waals surface area contributed by atoms with Gasteiger partial charge in [-0.25, -0.2) is 0 Å². The first-order valence-electron chi connectivity index (χ1n) is 6.34. The van der Waals surface area contributed by atoms with E-state index in [-0.39, 0.29) is 0 Å². The molecule has 1 aromatic rings. The maximum absolute atomic E-state index is 8.96. The van der Waals surface area contributed by atoms with Gasteiger partial charge >= 0.3 is 0 Å². The van der Waals surface area contributed by atoms with Crippen LogP contribution in [-0.2, 0) is 0 Å². The zero-order valence-electron chi connectivity index (χ0n) is 9.82. The molecule has 2 aliphatic rings. The minimum absolute atomic E-state index is 0.562. The molecule has 2 saturated carbocycles. The molecule has 88 valence electrons. The van der Waals surface area contributed by atoms with Gasteiger partial charge in [-0.3, -0.25) is 0 Å². The first-order chi connectivity index (χ1) is 8.28. The third-order valence-electron chi connectivity index (χ3n) is 3.77. The Hall–Kier alpha value is -1.69. The van der Waals surface area contributed by atoms with E-state index >= 15 is 0 Å². The summed E-state index contributed by atoms with van der Waals surface area (Å²) in [7, 11) is 0. The Labute approximate surface area is 102 Å². The van der Waals surface area contributed by atoms with Gasteiger partial charge in [0.2, 0.25) is 0 Å². The first kappa shape index (κ1) is 10.5. The Balaban J connectivity index is 1.77. The number of nitrogen functional groups attached to an aromatic ring is 1. The SMILES string of the molecule is N#Cc1cc(NC(C2CC2)C2CC2)ccc1N. The second-order valence-corrected chi connectivity index (χ2v) is 5.26. The molecule has 3 heteroatoms. The molecule has 1 aromatic carbocycles. The maximum atomic E-state index is 8.96. The zero-order valence-corrected chi connectivity index (χ0v) is 9.82. The summed E-state index contributed by atoms with van der Waals surface area (Å²) in [4.78, 5) is 0. The second kappa shape index (κ2) is 3.96. The molecule has 0 aromatic heterocycles. The molecule has 3 nitrogen and oxygen atoms in total. The number of nitrogens with zero attached hydrogens (tertiary/aromatic N) is 1. The fraction of sp³-hybridized carbons (Fsp3) is 0.500. The summed E-state index contributed by atoms with van der Waals surface area (Å²) < 4.78 is 0. The first-order valence-corrected chi connectivity index (χ1v) is 6.34. The van der Waals surface area contributed by atoms with Crippen LogP contribution in [0, 0.1) is 23.2 Å². The van der Waals surface area contributed by atoms with Crippen molar-refractivity contribution in [3.8, 4) is 6.07 Å². The van der Waals surface area contributed by atoms with Crippen molar-refractivity contribution >= 4 is 11.4 Å². The fourth-order valence-corrected chi connectivity index (χ4v) is 2.47. The van der Waals surface area contributed by atoms with Gasteiger partial charge in [0.05, 0.1) is 5.56 Å². The number of hydrogen-bond donors (Lipinski definition) is 2. The van der Waals surface area contributed by atoms with Crippen LogP contribution in [-0.4, -0.2) is 6.04 Å². The number of nitrogens with two attached hydrogens (primary N) is 1. The van der Waals surface area contributed by atoms with E-state index in [1.807, 2.05) is 18.2 Å².